The highest BCUT2D eigenvalue weighted by Gasteiger charge is 2.79. The summed E-state index contributed by atoms with van der Waals surface area (Å²) in [5.74, 6) is -24.6. The SMILES string of the molecule is C=C(CO)C(=O)OCCCC(F)(F)C(F)(F)C(F)(F)C(F)(F)CCCCCCCCCC. The topological polar surface area (TPSA) is 46.5 Å². The highest BCUT2D eigenvalue weighted by molar-refractivity contribution is 5.87. The van der Waals surface area contributed by atoms with Crippen LogP contribution >= 0.6 is 0 Å². The smallest absolute Gasteiger partial charge is 0.378 e. The van der Waals surface area contributed by atoms with Crippen molar-refractivity contribution in [2.45, 2.75) is 101 Å². The van der Waals surface area contributed by atoms with E-state index in [1.165, 1.54) is 0 Å². The summed E-state index contributed by atoms with van der Waals surface area (Å²) < 4.78 is 115. The minimum absolute atomic E-state index is 0.101. The van der Waals surface area contributed by atoms with Crippen LogP contribution in [-0.2, 0) is 9.53 Å². The van der Waals surface area contributed by atoms with Crippen LogP contribution in [0.3, 0.4) is 0 Å². The summed E-state index contributed by atoms with van der Waals surface area (Å²) in [7, 11) is 0. The number of hydrogen-bond donors (Lipinski definition) is 1. The van der Waals surface area contributed by atoms with Crippen LogP contribution in [0.4, 0.5) is 35.1 Å². The Morgan fingerprint density at radius 1 is 0.750 bits per heavy atom. The van der Waals surface area contributed by atoms with Gasteiger partial charge in [-0.15, -0.1) is 0 Å². The first kappa shape index (κ1) is 30.6. The van der Waals surface area contributed by atoms with E-state index in [9.17, 15) is 39.9 Å². The second kappa shape index (κ2) is 13.3. The number of esters is 1. The molecular weight excluding hydrogens is 452 g/mol. The molecule has 0 fully saturated rings. The number of aliphatic hydroxyl groups is 1. The molecule has 0 saturated heterocycles. The Morgan fingerprint density at radius 3 is 1.59 bits per heavy atom. The lowest BCUT2D eigenvalue weighted by Crippen LogP contribution is -2.62. The average Bonchev–Trinajstić information content (AvgIpc) is 2.71. The molecule has 0 aliphatic heterocycles. The van der Waals surface area contributed by atoms with E-state index in [2.05, 4.69) is 11.3 Å². The van der Waals surface area contributed by atoms with E-state index in [0.29, 0.717) is 12.8 Å². The zero-order chi connectivity index (χ0) is 25.1. The number of aliphatic hydroxyl groups excluding tert-OH is 1. The molecule has 0 aromatic rings. The maximum absolute atomic E-state index is 13.9. The van der Waals surface area contributed by atoms with Gasteiger partial charge in [0.15, 0.2) is 0 Å². The normalized spacial score (nSPS) is 13.3. The number of unbranched alkanes of at least 4 members (excludes halogenated alkanes) is 7. The highest BCUT2D eigenvalue weighted by atomic mass is 19.4. The predicted molar refractivity (Wildman–Crippen MR) is 103 cm³/mol. The first-order chi connectivity index (χ1) is 14.7. The van der Waals surface area contributed by atoms with Crippen molar-refractivity contribution in [1.29, 1.82) is 0 Å². The molecule has 0 aliphatic rings. The number of halogens is 8. The van der Waals surface area contributed by atoms with Crippen LogP contribution in [0, 0.1) is 0 Å². The van der Waals surface area contributed by atoms with Crippen LogP contribution in [0.2, 0.25) is 0 Å². The third kappa shape index (κ3) is 8.51. The Labute approximate surface area is 183 Å². The molecule has 0 saturated carbocycles. The van der Waals surface area contributed by atoms with Gasteiger partial charge in [0.2, 0.25) is 0 Å². The fraction of sp³-hybridized carbons (Fsp3) is 0.857. The molecule has 190 valence electrons. The molecule has 0 atom stereocenters. The summed E-state index contributed by atoms with van der Waals surface area (Å²) in [5.41, 5.74) is -0.436. The second-order valence-corrected chi connectivity index (χ2v) is 7.78. The van der Waals surface area contributed by atoms with Crippen molar-refractivity contribution in [3.63, 3.8) is 0 Å². The van der Waals surface area contributed by atoms with Crippen LogP contribution in [0.25, 0.3) is 0 Å². The van der Waals surface area contributed by atoms with Crippen LogP contribution in [0.5, 0.6) is 0 Å². The Morgan fingerprint density at radius 2 is 1.16 bits per heavy atom. The van der Waals surface area contributed by atoms with Crippen LogP contribution in [0.15, 0.2) is 12.2 Å². The van der Waals surface area contributed by atoms with Crippen molar-refractivity contribution in [2.75, 3.05) is 13.2 Å². The van der Waals surface area contributed by atoms with Gasteiger partial charge in [0.25, 0.3) is 0 Å². The maximum atomic E-state index is 13.9. The molecule has 0 amide bonds. The Kier molecular flexibility index (Phi) is 12.8. The van der Waals surface area contributed by atoms with Crippen molar-refractivity contribution >= 4 is 5.97 Å². The molecule has 0 rings (SSSR count). The van der Waals surface area contributed by atoms with Gasteiger partial charge in [-0.2, -0.15) is 35.1 Å². The van der Waals surface area contributed by atoms with Crippen molar-refractivity contribution < 1.29 is 49.8 Å². The molecule has 0 aromatic heterocycles. The predicted octanol–water partition coefficient (Wildman–Crippen LogP) is 6.93. The first-order valence-corrected chi connectivity index (χ1v) is 10.6. The summed E-state index contributed by atoms with van der Waals surface area (Å²) >= 11 is 0. The molecule has 32 heavy (non-hydrogen) atoms. The van der Waals surface area contributed by atoms with Gasteiger partial charge in [0.05, 0.1) is 18.8 Å². The summed E-state index contributed by atoms with van der Waals surface area (Å²) in [5, 5.41) is 8.62. The fourth-order valence-electron chi connectivity index (χ4n) is 2.88. The quantitative estimate of drug-likeness (QED) is 0.0993. The van der Waals surface area contributed by atoms with E-state index in [4.69, 9.17) is 5.11 Å². The van der Waals surface area contributed by atoms with Crippen molar-refractivity contribution in [3.8, 4) is 0 Å². The highest BCUT2D eigenvalue weighted by Crippen LogP contribution is 2.55. The molecule has 0 unspecified atom stereocenters. The summed E-state index contributed by atoms with van der Waals surface area (Å²) in [6.45, 7) is 3.41. The lowest BCUT2D eigenvalue weighted by molar-refractivity contribution is -0.368. The number of carbonyl (C=O) groups is 1. The van der Waals surface area contributed by atoms with Gasteiger partial charge in [-0.3, -0.25) is 0 Å². The third-order valence-corrected chi connectivity index (χ3v) is 5.01. The number of ether oxygens (including phenoxy) is 1. The number of alkyl halides is 8. The van der Waals surface area contributed by atoms with Crippen molar-refractivity contribution in [2.24, 2.45) is 0 Å². The lowest BCUT2D eigenvalue weighted by Gasteiger charge is -2.37. The van der Waals surface area contributed by atoms with Gasteiger partial charge in [0, 0.05) is 12.8 Å². The standard InChI is InChI=1S/C21H32F8O3/c1-3-4-5-6-7-8-9-10-12-18(22,23)20(26,27)21(28,29)19(24,25)13-11-14-32-17(31)16(2)15-30/h30H,2-15H2,1H3. The summed E-state index contributed by atoms with van der Waals surface area (Å²) in [6, 6.07) is 0. The largest absolute Gasteiger partial charge is 0.462 e. The van der Waals surface area contributed by atoms with Crippen LogP contribution in [-0.4, -0.2) is 48.0 Å². The van der Waals surface area contributed by atoms with E-state index >= 15 is 0 Å². The van der Waals surface area contributed by atoms with Crippen LogP contribution in [0.1, 0.15) is 77.6 Å². The molecule has 0 heterocycles. The van der Waals surface area contributed by atoms with Gasteiger partial charge >= 0.3 is 29.7 Å². The molecule has 1 N–H and O–H groups in total. The molecule has 0 aliphatic carbocycles. The van der Waals surface area contributed by atoms with Gasteiger partial charge in [-0.1, -0.05) is 58.4 Å². The maximum Gasteiger partial charge on any atom is 0.378 e. The minimum atomic E-state index is -6.32. The molecular formula is C21H32F8O3. The van der Waals surface area contributed by atoms with Crippen molar-refractivity contribution in [1.82, 2.24) is 0 Å². The van der Waals surface area contributed by atoms with Gasteiger partial charge in [-0.05, 0) is 12.8 Å². The van der Waals surface area contributed by atoms with Crippen LogP contribution < -0.4 is 0 Å². The van der Waals surface area contributed by atoms with E-state index < -0.39 is 74.1 Å². The molecule has 0 bridgehead atoms. The Bertz CT molecular complexity index is 579. The molecule has 0 aromatic carbocycles. The average molecular weight is 484 g/mol. The minimum Gasteiger partial charge on any atom is -0.462 e. The summed E-state index contributed by atoms with van der Waals surface area (Å²) in [4.78, 5) is 11.2. The van der Waals surface area contributed by atoms with Gasteiger partial charge in [0.1, 0.15) is 0 Å². The zero-order valence-corrected chi connectivity index (χ0v) is 18.2. The number of carbonyl (C=O) groups excluding carboxylic acids is 1. The number of hydrogen-bond acceptors (Lipinski definition) is 3. The fourth-order valence-corrected chi connectivity index (χ4v) is 2.88. The molecule has 0 spiro atoms. The monoisotopic (exact) mass is 484 g/mol. The Balaban J connectivity index is 4.77. The van der Waals surface area contributed by atoms with E-state index in [1.54, 1.807) is 0 Å². The summed E-state index contributed by atoms with van der Waals surface area (Å²) in [6.07, 6.45) is 0.00353. The van der Waals surface area contributed by atoms with E-state index in [-0.39, 0.29) is 6.42 Å². The number of rotatable bonds is 18. The zero-order valence-electron chi connectivity index (χ0n) is 18.2. The lowest BCUT2D eigenvalue weighted by atomic mass is 9.92. The second-order valence-electron chi connectivity index (χ2n) is 7.78. The van der Waals surface area contributed by atoms with E-state index in [0.717, 1.165) is 25.7 Å². The molecule has 11 heteroatoms. The molecule has 3 nitrogen and oxygen atoms in total. The van der Waals surface area contributed by atoms with Crippen molar-refractivity contribution in [3.05, 3.63) is 12.2 Å². The Hall–Kier alpha value is -1.39. The van der Waals surface area contributed by atoms with E-state index in [1.807, 2.05) is 6.92 Å². The van der Waals surface area contributed by atoms with Gasteiger partial charge < -0.3 is 9.84 Å². The van der Waals surface area contributed by atoms with Gasteiger partial charge in [-0.25, -0.2) is 4.79 Å². The third-order valence-electron chi connectivity index (χ3n) is 5.01. The first-order valence-electron chi connectivity index (χ1n) is 10.6. The molecule has 0 radical (unpaired) electrons.